The fourth-order valence-electron chi connectivity index (χ4n) is 1.32. The molecular weight excluding hydrogens is 199 g/mol. The van der Waals surface area contributed by atoms with Crippen molar-refractivity contribution in [1.82, 2.24) is 10.1 Å². The van der Waals surface area contributed by atoms with E-state index in [1.165, 1.54) is 0 Å². The Hall–Kier alpha value is -1.11. The normalized spacial score (nSPS) is 20.6. The first-order chi connectivity index (χ1) is 6.42. The number of rotatable bonds is 1. The highest BCUT2D eigenvalue weighted by molar-refractivity contribution is 5.09. The standard InChI is InChI=1S/C7H8F3N3O/c8-7(9,10)5-12-4(13-14-5)6(11)2-1-3-6/h1-3,11H2. The van der Waals surface area contributed by atoms with Crippen molar-refractivity contribution in [2.24, 2.45) is 5.73 Å². The van der Waals surface area contributed by atoms with Crippen LogP contribution in [0.4, 0.5) is 13.2 Å². The van der Waals surface area contributed by atoms with Crippen molar-refractivity contribution in [2.75, 3.05) is 0 Å². The van der Waals surface area contributed by atoms with Crippen LogP contribution in [0.5, 0.6) is 0 Å². The summed E-state index contributed by atoms with van der Waals surface area (Å²) in [6.07, 6.45) is -2.51. The lowest BCUT2D eigenvalue weighted by Gasteiger charge is -2.34. The highest BCUT2D eigenvalue weighted by Crippen LogP contribution is 2.38. The summed E-state index contributed by atoms with van der Waals surface area (Å²) in [5, 5.41) is 3.25. The zero-order chi connectivity index (χ0) is 10.4. The van der Waals surface area contributed by atoms with Crippen LogP contribution >= 0.6 is 0 Å². The summed E-state index contributed by atoms with van der Waals surface area (Å²) in [6.45, 7) is 0. The molecule has 78 valence electrons. The van der Waals surface area contributed by atoms with Crippen molar-refractivity contribution in [3.8, 4) is 0 Å². The van der Waals surface area contributed by atoms with E-state index < -0.39 is 17.6 Å². The predicted molar refractivity (Wildman–Crippen MR) is 39.0 cm³/mol. The van der Waals surface area contributed by atoms with Crippen LogP contribution in [-0.2, 0) is 11.7 Å². The second-order valence-electron chi connectivity index (χ2n) is 3.43. The number of halogens is 3. The van der Waals surface area contributed by atoms with Crippen molar-refractivity contribution in [2.45, 2.75) is 31.0 Å². The molecular formula is C7H8F3N3O. The first-order valence-corrected chi connectivity index (χ1v) is 4.12. The van der Waals surface area contributed by atoms with E-state index in [0.29, 0.717) is 12.8 Å². The van der Waals surface area contributed by atoms with Crippen LogP contribution < -0.4 is 5.73 Å². The van der Waals surface area contributed by atoms with Crippen LogP contribution in [0.2, 0.25) is 0 Å². The molecule has 0 saturated heterocycles. The molecule has 1 aliphatic rings. The molecule has 0 spiro atoms. The molecule has 0 bridgehead atoms. The third-order valence-electron chi connectivity index (χ3n) is 2.36. The van der Waals surface area contributed by atoms with E-state index in [4.69, 9.17) is 5.73 Å². The molecule has 14 heavy (non-hydrogen) atoms. The largest absolute Gasteiger partial charge is 0.471 e. The van der Waals surface area contributed by atoms with Gasteiger partial charge in [-0.2, -0.15) is 18.2 Å². The summed E-state index contributed by atoms with van der Waals surface area (Å²) in [6, 6.07) is 0. The molecule has 1 aromatic rings. The third-order valence-corrected chi connectivity index (χ3v) is 2.36. The Morgan fingerprint density at radius 1 is 1.36 bits per heavy atom. The van der Waals surface area contributed by atoms with Gasteiger partial charge >= 0.3 is 12.1 Å². The van der Waals surface area contributed by atoms with E-state index in [9.17, 15) is 13.2 Å². The fraction of sp³-hybridized carbons (Fsp3) is 0.714. The lowest BCUT2D eigenvalue weighted by atomic mass is 9.77. The van der Waals surface area contributed by atoms with Crippen LogP contribution in [0.15, 0.2) is 4.52 Å². The lowest BCUT2D eigenvalue weighted by Crippen LogP contribution is -2.44. The number of hydrogen-bond acceptors (Lipinski definition) is 4. The molecule has 0 radical (unpaired) electrons. The predicted octanol–water partition coefficient (Wildman–Crippen LogP) is 1.43. The summed E-state index contributed by atoms with van der Waals surface area (Å²) in [7, 11) is 0. The monoisotopic (exact) mass is 207 g/mol. The minimum absolute atomic E-state index is 0.0453. The molecule has 1 fully saturated rings. The molecule has 0 atom stereocenters. The molecule has 4 nitrogen and oxygen atoms in total. The van der Waals surface area contributed by atoms with Gasteiger partial charge in [-0.15, -0.1) is 0 Å². The summed E-state index contributed by atoms with van der Waals surface area (Å²) >= 11 is 0. The number of aromatic nitrogens is 2. The maximum Gasteiger partial charge on any atom is 0.471 e. The maximum atomic E-state index is 12.1. The Labute approximate surface area is 77.3 Å². The van der Waals surface area contributed by atoms with Gasteiger partial charge in [0.2, 0.25) is 0 Å². The molecule has 0 unspecified atom stereocenters. The van der Waals surface area contributed by atoms with Gasteiger partial charge in [0.1, 0.15) is 0 Å². The van der Waals surface area contributed by atoms with Gasteiger partial charge in [0.15, 0.2) is 5.82 Å². The second-order valence-corrected chi connectivity index (χ2v) is 3.43. The van der Waals surface area contributed by atoms with Gasteiger partial charge in [-0.25, -0.2) is 0 Å². The Morgan fingerprint density at radius 2 is 2.00 bits per heavy atom. The topological polar surface area (TPSA) is 64.9 Å². The van der Waals surface area contributed by atoms with E-state index in [2.05, 4.69) is 14.7 Å². The third kappa shape index (κ3) is 1.37. The van der Waals surface area contributed by atoms with Gasteiger partial charge < -0.3 is 10.3 Å². The molecule has 1 aromatic heterocycles. The Balaban J connectivity index is 2.26. The molecule has 2 rings (SSSR count). The quantitative estimate of drug-likeness (QED) is 0.756. The van der Waals surface area contributed by atoms with Crippen LogP contribution in [-0.4, -0.2) is 10.1 Å². The summed E-state index contributed by atoms with van der Waals surface area (Å²) < 4.78 is 40.3. The molecule has 1 heterocycles. The van der Waals surface area contributed by atoms with E-state index in [-0.39, 0.29) is 5.82 Å². The van der Waals surface area contributed by atoms with Crippen molar-refractivity contribution in [3.63, 3.8) is 0 Å². The average Bonchev–Trinajstić information content (AvgIpc) is 2.46. The van der Waals surface area contributed by atoms with E-state index >= 15 is 0 Å². The zero-order valence-electron chi connectivity index (χ0n) is 7.14. The Bertz CT molecular complexity index is 342. The van der Waals surface area contributed by atoms with Crippen molar-refractivity contribution >= 4 is 0 Å². The van der Waals surface area contributed by atoms with E-state index in [1.54, 1.807) is 0 Å². The average molecular weight is 207 g/mol. The zero-order valence-corrected chi connectivity index (χ0v) is 7.14. The molecule has 2 N–H and O–H groups in total. The summed E-state index contributed by atoms with van der Waals surface area (Å²) in [5.74, 6) is -1.37. The number of hydrogen-bond donors (Lipinski definition) is 1. The minimum atomic E-state index is -4.59. The molecule has 0 aliphatic heterocycles. The van der Waals surface area contributed by atoms with Gasteiger partial charge in [-0.3, -0.25) is 0 Å². The van der Waals surface area contributed by atoms with Gasteiger partial charge in [0.05, 0.1) is 5.54 Å². The molecule has 0 aromatic carbocycles. The second kappa shape index (κ2) is 2.69. The number of nitrogens with two attached hydrogens (primary N) is 1. The molecule has 0 amide bonds. The lowest BCUT2D eigenvalue weighted by molar-refractivity contribution is -0.159. The van der Waals surface area contributed by atoms with Crippen molar-refractivity contribution < 1.29 is 17.7 Å². The van der Waals surface area contributed by atoms with Gasteiger partial charge in [-0.05, 0) is 19.3 Å². The molecule has 1 aliphatic carbocycles. The van der Waals surface area contributed by atoms with E-state index in [1.807, 2.05) is 0 Å². The van der Waals surface area contributed by atoms with Gasteiger partial charge in [0, 0.05) is 0 Å². The minimum Gasteiger partial charge on any atom is -0.329 e. The van der Waals surface area contributed by atoms with E-state index in [0.717, 1.165) is 6.42 Å². The highest BCUT2D eigenvalue weighted by Gasteiger charge is 2.43. The van der Waals surface area contributed by atoms with Crippen LogP contribution in [0.1, 0.15) is 31.0 Å². The SMILES string of the molecule is NC1(c2noc(C(F)(F)F)n2)CCC1. The van der Waals surface area contributed by atoms with Crippen LogP contribution in [0.25, 0.3) is 0 Å². The summed E-state index contributed by atoms with van der Waals surface area (Å²) in [4.78, 5) is 3.25. The maximum absolute atomic E-state index is 12.1. The van der Waals surface area contributed by atoms with Crippen LogP contribution in [0.3, 0.4) is 0 Å². The van der Waals surface area contributed by atoms with Crippen molar-refractivity contribution in [1.29, 1.82) is 0 Å². The molecule has 1 saturated carbocycles. The molecule has 7 heteroatoms. The fourth-order valence-corrected chi connectivity index (χ4v) is 1.32. The number of alkyl halides is 3. The first kappa shape index (κ1) is 9.45. The van der Waals surface area contributed by atoms with Crippen LogP contribution in [0, 0.1) is 0 Å². The van der Waals surface area contributed by atoms with Crippen molar-refractivity contribution in [3.05, 3.63) is 11.7 Å². The highest BCUT2D eigenvalue weighted by atomic mass is 19.4. The Morgan fingerprint density at radius 3 is 2.36 bits per heavy atom. The number of nitrogens with zero attached hydrogens (tertiary/aromatic N) is 2. The summed E-state index contributed by atoms with van der Waals surface area (Å²) in [5.41, 5.74) is 4.92. The smallest absolute Gasteiger partial charge is 0.329 e. The first-order valence-electron chi connectivity index (χ1n) is 4.12. The Kier molecular flexibility index (Phi) is 1.82. The van der Waals surface area contributed by atoms with Gasteiger partial charge in [0.25, 0.3) is 0 Å². The van der Waals surface area contributed by atoms with Gasteiger partial charge in [-0.1, -0.05) is 5.16 Å².